The predicted octanol–water partition coefficient (Wildman–Crippen LogP) is 2.54. The van der Waals surface area contributed by atoms with Gasteiger partial charge >= 0.3 is 0 Å². The first-order valence-electron chi connectivity index (χ1n) is 10.2. The number of halogens is 1. The molecule has 1 N–H and O–H groups in total. The van der Waals surface area contributed by atoms with Crippen molar-refractivity contribution in [2.24, 2.45) is 4.99 Å². The van der Waals surface area contributed by atoms with Crippen molar-refractivity contribution >= 4 is 29.9 Å². The van der Waals surface area contributed by atoms with Gasteiger partial charge in [0.05, 0.1) is 20.3 Å². The number of nitrogens with zero attached hydrogens (tertiary/aromatic N) is 3. The summed E-state index contributed by atoms with van der Waals surface area (Å²) in [5, 5.41) is 3.48. The van der Waals surface area contributed by atoms with E-state index < -0.39 is 0 Å². The smallest absolute Gasteiger partial charge is 0.193 e. The molecule has 1 aromatic rings. The number of guanidine groups is 1. The lowest BCUT2D eigenvalue weighted by atomic mass is 10.1. The third-order valence-electron chi connectivity index (χ3n) is 5.44. The van der Waals surface area contributed by atoms with E-state index in [0.717, 1.165) is 70.6 Å². The van der Waals surface area contributed by atoms with Crippen LogP contribution in [0.2, 0.25) is 0 Å². The number of benzene rings is 1. The minimum atomic E-state index is 0. The van der Waals surface area contributed by atoms with E-state index in [1.54, 1.807) is 7.11 Å². The molecule has 28 heavy (non-hydrogen) atoms. The molecular formula is C21H35IN4O2. The second-order valence-electron chi connectivity index (χ2n) is 7.34. The molecule has 2 aliphatic heterocycles. The summed E-state index contributed by atoms with van der Waals surface area (Å²) in [5.74, 6) is 1.99. The molecule has 0 amide bonds. The van der Waals surface area contributed by atoms with Crippen LogP contribution in [0.15, 0.2) is 23.2 Å². The number of likely N-dealkylation sites (tertiary alicyclic amines) is 1. The van der Waals surface area contributed by atoms with Crippen LogP contribution in [0.4, 0.5) is 0 Å². The van der Waals surface area contributed by atoms with Crippen molar-refractivity contribution in [3.8, 4) is 5.75 Å². The molecule has 158 valence electrons. The van der Waals surface area contributed by atoms with Crippen molar-refractivity contribution in [1.82, 2.24) is 15.1 Å². The lowest BCUT2D eigenvalue weighted by molar-refractivity contribution is 0.0195. The van der Waals surface area contributed by atoms with Gasteiger partial charge in [0.25, 0.3) is 0 Å². The van der Waals surface area contributed by atoms with Crippen molar-refractivity contribution in [3.63, 3.8) is 0 Å². The van der Waals surface area contributed by atoms with E-state index in [-0.39, 0.29) is 24.0 Å². The second kappa shape index (κ2) is 11.8. The summed E-state index contributed by atoms with van der Waals surface area (Å²) in [6.45, 7) is 11.9. The van der Waals surface area contributed by atoms with E-state index >= 15 is 0 Å². The fraction of sp³-hybridized carbons (Fsp3) is 0.667. The van der Waals surface area contributed by atoms with Gasteiger partial charge in [-0.25, -0.2) is 0 Å². The first kappa shape index (κ1) is 23.2. The monoisotopic (exact) mass is 502 g/mol. The van der Waals surface area contributed by atoms with Crippen LogP contribution in [0.3, 0.4) is 0 Å². The second-order valence-corrected chi connectivity index (χ2v) is 7.34. The Bertz CT molecular complexity index is 635. The number of aliphatic imine (C=N–C) groups is 1. The Balaban J connectivity index is 0.00000280. The summed E-state index contributed by atoms with van der Waals surface area (Å²) in [5.41, 5.74) is 2.49. The maximum atomic E-state index is 5.50. The molecule has 2 saturated heterocycles. The molecule has 0 saturated carbocycles. The number of aryl methyl sites for hydroxylation is 1. The molecule has 0 bridgehead atoms. The van der Waals surface area contributed by atoms with Crippen LogP contribution in [-0.4, -0.2) is 81.4 Å². The van der Waals surface area contributed by atoms with Gasteiger partial charge in [-0.1, -0.05) is 17.7 Å². The van der Waals surface area contributed by atoms with Crippen LogP contribution in [-0.2, 0) is 11.2 Å². The lowest BCUT2D eigenvalue weighted by Gasteiger charge is -2.32. The Morgan fingerprint density at radius 2 is 2.07 bits per heavy atom. The normalized spacial score (nSPS) is 20.8. The van der Waals surface area contributed by atoms with Gasteiger partial charge in [-0.15, -0.1) is 24.0 Å². The Labute approximate surface area is 186 Å². The topological polar surface area (TPSA) is 49.3 Å². The summed E-state index contributed by atoms with van der Waals surface area (Å²) in [6.07, 6.45) is 2.09. The quantitative estimate of drug-likeness (QED) is 0.368. The van der Waals surface area contributed by atoms with E-state index in [9.17, 15) is 0 Å². The Hall–Kier alpha value is -1.06. The molecule has 2 aliphatic rings. The standard InChI is InChI=1S/C21H34N4O2.HI/c1-4-22-21(23-9-7-18-15-17(2)5-6-20(18)26-3)25-10-8-19(16-25)24-11-13-27-14-12-24;/h5-6,15,19H,4,7-14,16H2,1-3H3,(H,22,23);1H. The maximum absolute atomic E-state index is 5.50. The summed E-state index contributed by atoms with van der Waals surface area (Å²) < 4.78 is 11.0. The summed E-state index contributed by atoms with van der Waals surface area (Å²) in [6, 6.07) is 6.96. The highest BCUT2D eigenvalue weighted by Crippen LogP contribution is 2.20. The number of hydrogen-bond acceptors (Lipinski definition) is 4. The van der Waals surface area contributed by atoms with E-state index in [0.29, 0.717) is 6.04 Å². The van der Waals surface area contributed by atoms with Crippen molar-refractivity contribution in [3.05, 3.63) is 29.3 Å². The number of morpholine rings is 1. The number of ether oxygens (including phenoxy) is 2. The molecule has 0 spiro atoms. The SMILES string of the molecule is CCNC(=NCCc1cc(C)ccc1OC)N1CCC(N2CCOCC2)C1.I. The zero-order valence-corrected chi connectivity index (χ0v) is 19.8. The molecule has 1 aromatic carbocycles. The molecule has 1 unspecified atom stereocenters. The van der Waals surface area contributed by atoms with Crippen LogP contribution in [0.1, 0.15) is 24.5 Å². The molecule has 1 atom stereocenters. The highest BCUT2D eigenvalue weighted by atomic mass is 127. The molecule has 2 fully saturated rings. The minimum Gasteiger partial charge on any atom is -0.496 e. The lowest BCUT2D eigenvalue weighted by Crippen LogP contribution is -2.46. The van der Waals surface area contributed by atoms with Crippen molar-refractivity contribution in [2.45, 2.75) is 32.7 Å². The fourth-order valence-electron chi connectivity index (χ4n) is 3.99. The highest BCUT2D eigenvalue weighted by molar-refractivity contribution is 14.0. The zero-order chi connectivity index (χ0) is 19.1. The van der Waals surface area contributed by atoms with E-state index in [1.807, 2.05) is 6.07 Å². The first-order valence-corrected chi connectivity index (χ1v) is 10.2. The van der Waals surface area contributed by atoms with Crippen LogP contribution >= 0.6 is 24.0 Å². The van der Waals surface area contributed by atoms with Gasteiger partial charge in [0, 0.05) is 45.3 Å². The molecule has 0 aliphatic carbocycles. The van der Waals surface area contributed by atoms with Gasteiger partial charge in [-0.05, 0) is 38.3 Å². The first-order chi connectivity index (χ1) is 13.2. The van der Waals surface area contributed by atoms with Crippen molar-refractivity contribution < 1.29 is 9.47 Å². The largest absolute Gasteiger partial charge is 0.496 e. The number of nitrogens with one attached hydrogen (secondary N) is 1. The van der Waals surface area contributed by atoms with Crippen LogP contribution < -0.4 is 10.1 Å². The molecule has 2 heterocycles. The van der Waals surface area contributed by atoms with E-state index in [1.165, 1.54) is 17.5 Å². The average Bonchev–Trinajstić information content (AvgIpc) is 3.18. The van der Waals surface area contributed by atoms with Crippen LogP contribution in [0.25, 0.3) is 0 Å². The molecule has 0 aromatic heterocycles. The number of hydrogen-bond donors (Lipinski definition) is 1. The zero-order valence-electron chi connectivity index (χ0n) is 17.4. The minimum absolute atomic E-state index is 0. The Morgan fingerprint density at radius 3 is 2.79 bits per heavy atom. The fourth-order valence-corrected chi connectivity index (χ4v) is 3.99. The number of methoxy groups -OCH3 is 1. The summed E-state index contributed by atoms with van der Waals surface area (Å²) in [7, 11) is 1.73. The molecule has 3 rings (SSSR count). The Morgan fingerprint density at radius 1 is 1.29 bits per heavy atom. The molecule has 0 radical (unpaired) electrons. The van der Waals surface area contributed by atoms with Crippen LogP contribution in [0.5, 0.6) is 5.75 Å². The molecule has 6 nitrogen and oxygen atoms in total. The number of rotatable bonds is 6. The van der Waals surface area contributed by atoms with Gasteiger partial charge in [-0.3, -0.25) is 9.89 Å². The average molecular weight is 502 g/mol. The summed E-state index contributed by atoms with van der Waals surface area (Å²) >= 11 is 0. The molecule has 7 heteroatoms. The third kappa shape index (κ3) is 6.22. The van der Waals surface area contributed by atoms with Gasteiger partial charge in [0.1, 0.15) is 5.75 Å². The van der Waals surface area contributed by atoms with Gasteiger partial charge in [0.2, 0.25) is 0 Å². The van der Waals surface area contributed by atoms with Crippen LogP contribution in [0, 0.1) is 6.92 Å². The highest BCUT2D eigenvalue weighted by Gasteiger charge is 2.30. The van der Waals surface area contributed by atoms with Gasteiger partial charge in [-0.2, -0.15) is 0 Å². The Kier molecular flexibility index (Phi) is 9.81. The predicted molar refractivity (Wildman–Crippen MR) is 125 cm³/mol. The van der Waals surface area contributed by atoms with Crippen molar-refractivity contribution in [1.29, 1.82) is 0 Å². The van der Waals surface area contributed by atoms with E-state index in [4.69, 9.17) is 14.5 Å². The van der Waals surface area contributed by atoms with E-state index in [2.05, 4.69) is 41.1 Å². The van der Waals surface area contributed by atoms with Crippen molar-refractivity contribution in [2.75, 3.05) is 59.6 Å². The van der Waals surface area contributed by atoms with Gasteiger partial charge < -0.3 is 19.7 Å². The third-order valence-corrected chi connectivity index (χ3v) is 5.44. The van der Waals surface area contributed by atoms with Gasteiger partial charge in [0.15, 0.2) is 5.96 Å². The molecular weight excluding hydrogens is 467 g/mol. The summed E-state index contributed by atoms with van der Waals surface area (Å²) in [4.78, 5) is 9.90. The maximum Gasteiger partial charge on any atom is 0.193 e.